The molecule has 1 amide bonds. The van der Waals surface area contributed by atoms with Crippen molar-refractivity contribution < 1.29 is 9.53 Å². The Morgan fingerprint density at radius 1 is 1.43 bits per heavy atom. The molecular weight excluding hydrogens is 314 g/mol. The fraction of sp³-hybridized carbons (Fsp3) is 0.600. The molecule has 0 bridgehead atoms. The van der Waals surface area contributed by atoms with Crippen LogP contribution in [0.1, 0.15) is 47.1 Å². The number of amides is 1. The van der Waals surface area contributed by atoms with E-state index in [1.54, 1.807) is 6.20 Å². The van der Waals surface area contributed by atoms with E-state index >= 15 is 0 Å². The first-order valence-corrected chi connectivity index (χ1v) is 8.46. The summed E-state index contributed by atoms with van der Waals surface area (Å²) in [5.41, 5.74) is 0.161. The quantitative estimate of drug-likeness (QED) is 0.921. The van der Waals surface area contributed by atoms with Crippen molar-refractivity contribution in [3.63, 3.8) is 0 Å². The number of thiazole rings is 1. The molecule has 3 heterocycles. The molecule has 2 aromatic heterocycles. The Bertz CT molecular complexity index is 701. The van der Waals surface area contributed by atoms with Crippen molar-refractivity contribution in [1.29, 1.82) is 0 Å². The molecule has 0 unspecified atom stereocenters. The maximum atomic E-state index is 12.3. The molecule has 124 valence electrons. The van der Waals surface area contributed by atoms with Crippen molar-refractivity contribution in [1.82, 2.24) is 25.1 Å². The van der Waals surface area contributed by atoms with Crippen LogP contribution in [0.3, 0.4) is 0 Å². The van der Waals surface area contributed by atoms with E-state index < -0.39 is 0 Å². The Balaban J connectivity index is 1.60. The van der Waals surface area contributed by atoms with Crippen LogP contribution < -0.4 is 5.32 Å². The summed E-state index contributed by atoms with van der Waals surface area (Å²) in [6.45, 7) is 8.69. The van der Waals surface area contributed by atoms with Crippen LogP contribution in [-0.2, 0) is 30.9 Å². The van der Waals surface area contributed by atoms with Crippen LogP contribution in [0.5, 0.6) is 0 Å². The first-order chi connectivity index (χ1) is 10.9. The van der Waals surface area contributed by atoms with E-state index in [2.05, 4.69) is 41.3 Å². The second-order valence-electron chi connectivity index (χ2n) is 6.78. The van der Waals surface area contributed by atoms with Gasteiger partial charge in [0.1, 0.15) is 11.5 Å². The fourth-order valence-corrected chi connectivity index (χ4v) is 3.52. The smallest absolute Gasteiger partial charge is 0.263 e. The van der Waals surface area contributed by atoms with Crippen LogP contribution >= 0.6 is 11.3 Å². The zero-order valence-corrected chi connectivity index (χ0v) is 14.4. The minimum Gasteiger partial charge on any atom is -0.372 e. The van der Waals surface area contributed by atoms with E-state index in [0.29, 0.717) is 24.6 Å². The lowest BCUT2D eigenvalue weighted by atomic mass is 9.93. The molecule has 0 saturated carbocycles. The Morgan fingerprint density at radius 2 is 2.26 bits per heavy atom. The van der Waals surface area contributed by atoms with Gasteiger partial charge in [-0.15, -0.1) is 21.5 Å². The highest BCUT2D eigenvalue weighted by molar-refractivity contribution is 7.13. The summed E-state index contributed by atoms with van der Waals surface area (Å²) in [6.07, 6.45) is 2.51. The number of carbonyl (C=O) groups is 1. The normalized spacial score (nSPS) is 14.6. The average molecular weight is 335 g/mol. The van der Waals surface area contributed by atoms with Gasteiger partial charge in [-0.25, -0.2) is 4.98 Å². The SMILES string of the molecule is CC(C)(C)Cc1ncc(C(=O)NCc2nnc3n2CCOC3)s1. The minimum atomic E-state index is -0.118. The average Bonchev–Trinajstić information content (AvgIpc) is 3.10. The van der Waals surface area contributed by atoms with Crippen molar-refractivity contribution in [2.75, 3.05) is 6.61 Å². The number of rotatable bonds is 4. The highest BCUT2D eigenvalue weighted by atomic mass is 32.1. The summed E-state index contributed by atoms with van der Waals surface area (Å²) in [4.78, 5) is 17.2. The molecule has 0 atom stereocenters. The second kappa shape index (κ2) is 6.37. The maximum absolute atomic E-state index is 12.3. The van der Waals surface area contributed by atoms with Gasteiger partial charge in [0.2, 0.25) is 0 Å². The number of carbonyl (C=O) groups excluding carboxylic acids is 1. The number of hydrogen-bond acceptors (Lipinski definition) is 6. The van der Waals surface area contributed by atoms with Gasteiger partial charge in [0.05, 0.1) is 24.4 Å². The molecule has 1 aliphatic rings. The third kappa shape index (κ3) is 3.94. The summed E-state index contributed by atoms with van der Waals surface area (Å²) >= 11 is 1.45. The van der Waals surface area contributed by atoms with Crippen LogP contribution in [0.25, 0.3) is 0 Å². The van der Waals surface area contributed by atoms with E-state index in [0.717, 1.165) is 29.6 Å². The summed E-state index contributed by atoms with van der Waals surface area (Å²) < 4.78 is 7.33. The van der Waals surface area contributed by atoms with E-state index in [1.807, 2.05) is 4.57 Å². The van der Waals surface area contributed by atoms with Gasteiger partial charge in [0, 0.05) is 13.0 Å². The molecule has 0 aliphatic carbocycles. The number of aromatic nitrogens is 4. The van der Waals surface area contributed by atoms with Crippen LogP contribution in [0.4, 0.5) is 0 Å². The summed E-state index contributed by atoms with van der Waals surface area (Å²) in [5, 5.41) is 12.1. The minimum absolute atomic E-state index is 0.118. The highest BCUT2D eigenvalue weighted by Gasteiger charge is 2.19. The Morgan fingerprint density at radius 3 is 3.04 bits per heavy atom. The number of nitrogens with one attached hydrogen (secondary N) is 1. The fourth-order valence-electron chi connectivity index (χ4n) is 2.38. The molecule has 0 saturated heterocycles. The lowest BCUT2D eigenvalue weighted by Crippen LogP contribution is -2.26. The number of fused-ring (bicyclic) bond motifs is 1. The molecule has 0 fully saturated rings. The van der Waals surface area contributed by atoms with Gasteiger partial charge in [-0.2, -0.15) is 0 Å². The van der Waals surface area contributed by atoms with Gasteiger partial charge in [-0.1, -0.05) is 20.8 Å². The zero-order chi connectivity index (χ0) is 16.4. The Labute approximate surface area is 139 Å². The largest absolute Gasteiger partial charge is 0.372 e. The molecule has 7 nitrogen and oxygen atoms in total. The lowest BCUT2D eigenvalue weighted by molar-refractivity contribution is 0.0802. The van der Waals surface area contributed by atoms with Gasteiger partial charge in [0.15, 0.2) is 11.6 Å². The molecule has 8 heteroatoms. The van der Waals surface area contributed by atoms with E-state index in [-0.39, 0.29) is 11.3 Å². The van der Waals surface area contributed by atoms with Crippen LogP contribution in [0.15, 0.2) is 6.20 Å². The van der Waals surface area contributed by atoms with Gasteiger partial charge in [-0.05, 0) is 5.41 Å². The molecule has 0 spiro atoms. The number of hydrogen-bond donors (Lipinski definition) is 1. The molecule has 2 aromatic rings. The summed E-state index contributed by atoms with van der Waals surface area (Å²) in [7, 11) is 0. The number of nitrogens with zero attached hydrogens (tertiary/aromatic N) is 4. The molecule has 0 radical (unpaired) electrons. The molecule has 23 heavy (non-hydrogen) atoms. The van der Waals surface area contributed by atoms with Crippen molar-refractivity contribution in [3.05, 3.63) is 27.7 Å². The second-order valence-corrected chi connectivity index (χ2v) is 7.89. The van der Waals surface area contributed by atoms with Gasteiger partial charge >= 0.3 is 0 Å². The molecule has 3 rings (SSSR count). The molecule has 0 aromatic carbocycles. The maximum Gasteiger partial charge on any atom is 0.263 e. The highest BCUT2D eigenvalue weighted by Crippen LogP contribution is 2.24. The first kappa shape index (κ1) is 16.1. The predicted molar refractivity (Wildman–Crippen MR) is 86.1 cm³/mol. The molecule has 1 N–H and O–H groups in total. The van der Waals surface area contributed by atoms with E-state index in [1.165, 1.54) is 11.3 Å². The molecule has 1 aliphatic heterocycles. The number of ether oxygens (including phenoxy) is 1. The van der Waals surface area contributed by atoms with Crippen molar-refractivity contribution >= 4 is 17.2 Å². The van der Waals surface area contributed by atoms with E-state index in [9.17, 15) is 4.79 Å². The van der Waals surface area contributed by atoms with Crippen molar-refractivity contribution in [2.45, 2.75) is 46.9 Å². The Hall–Kier alpha value is -1.80. The van der Waals surface area contributed by atoms with Gasteiger partial charge in [-0.3, -0.25) is 4.79 Å². The third-order valence-corrected chi connectivity index (χ3v) is 4.46. The third-order valence-electron chi connectivity index (χ3n) is 3.46. The first-order valence-electron chi connectivity index (χ1n) is 7.64. The molecular formula is C15H21N5O2S. The van der Waals surface area contributed by atoms with E-state index in [4.69, 9.17) is 4.74 Å². The lowest BCUT2D eigenvalue weighted by Gasteiger charge is -2.15. The summed E-state index contributed by atoms with van der Waals surface area (Å²) in [6, 6.07) is 0. The van der Waals surface area contributed by atoms with Crippen LogP contribution in [0.2, 0.25) is 0 Å². The van der Waals surface area contributed by atoms with Crippen molar-refractivity contribution in [2.24, 2.45) is 5.41 Å². The van der Waals surface area contributed by atoms with Gasteiger partial charge < -0.3 is 14.6 Å². The predicted octanol–water partition coefficient (Wildman–Crippen LogP) is 1.78. The van der Waals surface area contributed by atoms with Crippen LogP contribution in [-0.4, -0.2) is 32.3 Å². The van der Waals surface area contributed by atoms with Crippen LogP contribution in [0, 0.1) is 5.41 Å². The zero-order valence-electron chi connectivity index (χ0n) is 13.6. The topological polar surface area (TPSA) is 81.9 Å². The standard InChI is InChI=1S/C15H21N5O2S/c1-15(2,3)6-13-16-7-10(23-13)14(21)17-8-11-18-19-12-9-22-5-4-20(11)12/h7H,4-6,8-9H2,1-3H3,(H,17,21). The summed E-state index contributed by atoms with van der Waals surface area (Å²) in [5.74, 6) is 1.45. The Kier molecular flexibility index (Phi) is 4.45. The van der Waals surface area contributed by atoms with Gasteiger partial charge in [0.25, 0.3) is 5.91 Å². The monoisotopic (exact) mass is 335 g/mol. The van der Waals surface area contributed by atoms with Crippen molar-refractivity contribution in [3.8, 4) is 0 Å².